The van der Waals surface area contributed by atoms with Crippen LogP contribution in [0.5, 0.6) is 0 Å². The SMILES string of the molecule is CCC(NC(=O)c1cc(N)ccc1F)C(C)C. The minimum absolute atomic E-state index is 0.00380. The van der Waals surface area contributed by atoms with Crippen LogP contribution in [0.1, 0.15) is 37.6 Å². The molecule has 1 aromatic carbocycles. The Balaban J connectivity index is 2.86. The zero-order valence-corrected chi connectivity index (χ0v) is 10.5. The number of amides is 1. The summed E-state index contributed by atoms with van der Waals surface area (Å²) in [6.07, 6.45) is 0.813. The lowest BCUT2D eigenvalue weighted by Crippen LogP contribution is -2.38. The van der Waals surface area contributed by atoms with Crippen LogP contribution in [0.2, 0.25) is 0 Å². The van der Waals surface area contributed by atoms with Gasteiger partial charge in [-0.05, 0) is 30.5 Å². The van der Waals surface area contributed by atoms with Crippen molar-refractivity contribution in [2.45, 2.75) is 33.2 Å². The maximum atomic E-state index is 13.5. The van der Waals surface area contributed by atoms with Crippen molar-refractivity contribution in [3.8, 4) is 0 Å². The molecular weight excluding hydrogens is 219 g/mol. The molecule has 94 valence electrons. The standard InChI is InChI=1S/C13H19FN2O/c1-4-12(8(2)3)16-13(17)10-7-9(15)5-6-11(10)14/h5-8,12H,4,15H2,1-3H3,(H,16,17). The van der Waals surface area contributed by atoms with Crippen LogP contribution in [0.25, 0.3) is 0 Å². The fraction of sp³-hybridized carbons (Fsp3) is 0.462. The van der Waals surface area contributed by atoms with Gasteiger partial charge in [-0.2, -0.15) is 0 Å². The lowest BCUT2D eigenvalue weighted by atomic mass is 10.0. The zero-order valence-electron chi connectivity index (χ0n) is 10.5. The molecule has 0 spiro atoms. The number of halogens is 1. The van der Waals surface area contributed by atoms with E-state index in [-0.39, 0.29) is 11.6 Å². The topological polar surface area (TPSA) is 55.1 Å². The molecule has 3 N–H and O–H groups in total. The van der Waals surface area contributed by atoms with Gasteiger partial charge in [-0.25, -0.2) is 4.39 Å². The molecule has 0 bridgehead atoms. The van der Waals surface area contributed by atoms with Crippen molar-refractivity contribution >= 4 is 11.6 Å². The number of benzene rings is 1. The van der Waals surface area contributed by atoms with Crippen molar-refractivity contribution in [1.29, 1.82) is 0 Å². The highest BCUT2D eigenvalue weighted by molar-refractivity contribution is 5.95. The smallest absolute Gasteiger partial charge is 0.254 e. The second kappa shape index (κ2) is 5.66. The van der Waals surface area contributed by atoms with E-state index in [1.807, 2.05) is 20.8 Å². The summed E-state index contributed by atoms with van der Waals surface area (Å²) in [4.78, 5) is 11.9. The molecule has 1 amide bonds. The first-order chi connectivity index (χ1) is 7.95. The third-order valence-electron chi connectivity index (χ3n) is 2.80. The molecule has 0 saturated carbocycles. The summed E-state index contributed by atoms with van der Waals surface area (Å²) in [5, 5.41) is 2.82. The second-order valence-corrected chi connectivity index (χ2v) is 4.47. The number of anilines is 1. The average molecular weight is 238 g/mol. The summed E-state index contributed by atoms with van der Waals surface area (Å²) < 4.78 is 13.5. The number of hydrogen-bond acceptors (Lipinski definition) is 2. The van der Waals surface area contributed by atoms with Gasteiger partial charge in [0.05, 0.1) is 5.56 Å². The van der Waals surface area contributed by atoms with E-state index >= 15 is 0 Å². The fourth-order valence-corrected chi connectivity index (χ4v) is 1.70. The van der Waals surface area contributed by atoms with Gasteiger partial charge in [-0.1, -0.05) is 20.8 Å². The summed E-state index contributed by atoms with van der Waals surface area (Å²) in [6.45, 7) is 6.02. The Labute approximate surface area is 101 Å². The molecule has 4 heteroatoms. The van der Waals surface area contributed by atoms with Crippen LogP contribution in [0.15, 0.2) is 18.2 Å². The monoisotopic (exact) mass is 238 g/mol. The first-order valence-corrected chi connectivity index (χ1v) is 5.81. The van der Waals surface area contributed by atoms with Gasteiger partial charge in [0.2, 0.25) is 0 Å². The lowest BCUT2D eigenvalue weighted by Gasteiger charge is -2.20. The Bertz CT molecular complexity index is 404. The van der Waals surface area contributed by atoms with E-state index in [0.29, 0.717) is 11.6 Å². The average Bonchev–Trinajstić information content (AvgIpc) is 2.28. The number of nitrogens with two attached hydrogens (primary N) is 1. The summed E-state index contributed by atoms with van der Waals surface area (Å²) in [7, 11) is 0. The van der Waals surface area contributed by atoms with Crippen LogP contribution in [0.3, 0.4) is 0 Å². The predicted molar refractivity (Wildman–Crippen MR) is 67.2 cm³/mol. The van der Waals surface area contributed by atoms with Crippen molar-refractivity contribution in [3.63, 3.8) is 0 Å². The van der Waals surface area contributed by atoms with Gasteiger partial charge in [-0.15, -0.1) is 0 Å². The third kappa shape index (κ3) is 3.44. The maximum absolute atomic E-state index is 13.5. The molecule has 17 heavy (non-hydrogen) atoms. The van der Waals surface area contributed by atoms with E-state index in [1.54, 1.807) is 0 Å². The highest BCUT2D eigenvalue weighted by Gasteiger charge is 2.17. The summed E-state index contributed by atoms with van der Waals surface area (Å²) >= 11 is 0. The van der Waals surface area contributed by atoms with Gasteiger partial charge >= 0.3 is 0 Å². The largest absolute Gasteiger partial charge is 0.399 e. The Morgan fingerprint density at radius 3 is 2.65 bits per heavy atom. The Morgan fingerprint density at radius 2 is 2.12 bits per heavy atom. The van der Waals surface area contributed by atoms with E-state index in [1.165, 1.54) is 18.2 Å². The molecule has 1 rings (SSSR count). The van der Waals surface area contributed by atoms with Crippen LogP contribution in [0, 0.1) is 11.7 Å². The van der Waals surface area contributed by atoms with Crippen molar-refractivity contribution in [1.82, 2.24) is 5.32 Å². The van der Waals surface area contributed by atoms with E-state index in [9.17, 15) is 9.18 Å². The van der Waals surface area contributed by atoms with E-state index < -0.39 is 11.7 Å². The molecule has 0 aliphatic rings. The number of hydrogen-bond donors (Lipinski definition) is 2. The molecule has 1 atom stereocenters. The molecule has 0 fully saturated rings. The molecule has 1 unspecified atom stereocenters. The molecule has 3 nitrogen and oxygen atoms in total. The molecule has 0 heterocycles. The minimum atomic E-state index is -0.546. The van der Waals surface area contributed by atoms with Gasteiger partial charge < -0.3 is 11.1 Å². The van der Waals surface area contributed by atoms with Gasteiger partial charge in [0.1, 0.15) is 5.82 Å². The first-order valence-electron chi connectivity index (χ1n) is 5.81. The van der Waals surface area contributed by atoms with Crippen molar-refractivity contribution in [2.75, 3.05) is 5.73 Å². The Hall–Kier alpha value is -1.58. The Kier molecular flexibility index (Phi) is 4.49. The highest BCUT2D eigenvalue weighted by atomic mass is 19.1. The van der Waals surface area contributed by atoms with E-state index in [2.05, 4.69) is 5.32 Å². The highest BCUT2D eigenvalue weighted by Crippen LogP contribution is 2.13. The van der Waals surface area contributed by atoms with Crippen LogP contribution >= 0.6 is 0 Å². The molecule has 0 saturated heterocycles. The molecule has 1 aromatic rings. The molecular formula is C13H19FN2O. The lowest BCUT2D eigenvalue weighted by molar-refractivity contribution is 0.0920. The van der Waals surface area contributed by atoms with Gasteiger partial charge in [0.25, 0.3) is 5.91 Å². The van der Waals surface area contributed by atoms with E-state index in [4.69, 9.17) is 5.73 Å². The number of rotatable bonds is 4. The summed E-state index contributed by atoms with van der Waals surface area (Å²) in [6, 6.07) is 4.05. The minimum Gasteiger partial charge on any atom is -0.399 e. The van der Waals surface area contributed by atoms with Crippen LogP contribution in [0.4, 0.5) is 10.1 Å². The first kappa shape index (κ1) is 13.5. The fourth-order valence-electron chi connectivity index (χ4n) is 1.70. The number of nitrogen functional groups attached to an aromatic ring is 1. The number of carbonyl (C=O) groups excluding carboxylic acids is 1. The number of carbonyl (C=O) groups is 1. The third-order valence-corrected chi connectivity index (χ3v) is 2.80. The van der Waals surface area contributed by atoms with Crippen LogP contribution < -0.4 is 11.1 Å². The normalized spacial score (nSPS) is 12.5. The quantitative estimate of drug-likeness (QED) is 0.792. The maximum Gasteiger partial charge on any atom is 0.254 e. The van der Waals surface area contributed by atoms with Crippen molar-refractivity contribution < 1.29 is 9.18 Å². The van der Waals surface area contributed by atoms with Crippen LogP contribution in [-0.4, -0.2) is 11.9 Å². The molecule has 0 aromatic heterocycles. The van der Waals surface area contributed by atoms with E-state index in [0.717, 1.165) is 6.42 Å². The van der Waals surface area contributed by atoms with Crippen LogP contribution in [-0.2, 0) is 0 Å². The Morgan fingerprint density at radius 1 is 1.47 bits per heavy atom. The summed E-state index contributed by atoms with van der Waals surface area (Å²) in [5.74, 6) is -0.640. The molecule has 0 radical (unpaired) electrons. The summed E-state index contributed by atoms with van der Waals surface area (Å²) in [5.41, 5.74) is 5.93. The van der Waals surface area contributed by atoms with Crippen molar-refractivity contribution in [2.24, 2.45) is 5.92 Å². The second-order valence-electron chi connectivity index (χ2n) is 4.47. The predicted octanol–water partition coefficient (Wildman–Crippen LogP) is 2.57. The number of nitrogens with one attached hydrogen (secondary N) is 1. The zero-order chi connectivity index (χ0) is 13.0. The van der Waals surface area contributed by atoms with Gasteiger partial charge in [-0.3, -0.25) is 4.79 Å². The van der Waals surface area contributed by atoms with Gasteiger partial charge in [0, 0.05) is 11.7 Å². The molecule has 0 aliphatic heterocycles. The van der Waals surface area contributed by atoms with Gasteiger partial charge in [0.15, 0.2) is 0 Å². The van der Waals surface area contributed by atoms with Crippen molar-refractivity contribution in [3.05, 3.63) is 29.6 Å². The molecule has 0 aliphatic carbocycles.